The van der Waals surface area contributed by atoms with E-state index in [0.717, 1.165) is 21.5 Å². The molecule has 0 N–H and O–H groups in total. The van der Waals surface area contributed by atoms with Crippen LogP contribution < -0.4 is 9.47 Å². The van der Waals surface area contributed by atoms with E-state index in [4.69, 9.17) is 13.9 Å². The summed E-state index contributed by atoms with van der Waals surface area (Å²) in [4.78, 5) is 0. The first kappa shape index (κ1) is 17.8. The summed E-state index contributed by atoms with van der Waals surface area (Å²) in [6.07, 6.45) is 0. The molecule has 0 aliphatic carbocycles. The number of nitrogens with zero attached hydrogens (tertiary/aromatic N) is 2. The summed E-state index contributed by atoms with van der Waals surface area (Å²) in [7, 11) is 1.66. The van der Waals surface area contributed by atoms with Gasteiger partial charge in [-0.2, -0.15) is 0 Å². The van der Waals surface area contributed by atoms with Crippen LogP contribution in [-0.4, -0.2) is 17.3 Å². The minimum Gasteiger partial charge on any atom is -0.496 e. The molecule has 1 heterocycles. The van der Waals surface area contributed by atoms with Crippen molar-refractivity contribution >= 4 is 27.7 Å². The number of benzene rings is 2. The van der Waals surface area contributed by atoms with Crippen LogP contribution in [-0.2, 0) is 12.4 Å². The molecule has 0 atom stereocenters. The number of methoxy groups -OCH3 is 1. The molecule has 0 bridgehead atoms. The predicted octanol–water partition coefficient (Wildman–Crippen LogP) is 5.02. The third kappa shape index (κ3) is 4.99. The van der Waals surface area contributed by atoms with Gasteiger partial charge in [-0.15, -0.1) is 10.2 Å². The van der Waals surface area contributed by atoms with E-state index in [0.29, 0.717) is 16.9 Å². The summed E-state index contributed by atoms with van der Waals surface area (Å²) < 4.78 is 17.6. The van der Waals surface area contributed by atoms with Crippen LogP contribution in [0.1, 0.15) is 17.0 Å². The highest BCUT2D eigenvalue weighted by atomic mass is 79.9. The van der Waals surface area contributed by atoms with Crippen LogP contribution in [0.2, 0.25) is 0 Å². The molecule has 3 rings (SSSR count). The zero-order chi connectivity index (χ0) is 17.6. The molecule has 0 amide bonds. The van der Waals surface area contributed by atoms with E-state index < -0.39 is 0 Å². The summed E-state index contributed by atoms with van der Waals surface area (Å²) in [5.74, 6) is 2.72. The highest BCUT2D eigenvalue weighted by Gasteiger charge is 2.10. The topological polar surface area (TPSA) is 57.4 Å². The lowest BCUT2D eigenvalue weighted by atomic mass is 10.2. The minimum atomic E-state index is 0.247. The minimum absolute atomic E-state index is 0.247. The van der Waals surface area contributed by atoms with Gasteiger partial charge < -0.3 is 13.9 Å². The van der Waals surface area contributed by atoms with Crippen LogP contribution in [0.5, 0.6) is 11.5 Å². The molecule has 0 saturated heterocycles. The molecular formula is C18H17BrN2O3S. The highest BCUT2D eigenvalue weighted by Crippen LogP contribution is 2.29. The Morgan fingerprint density at radius 2 is 1.92 bits per heavy atom. The van der Waals surface area contributed by atoms with Crippen molar-refractivity contribution in [1.29, 1.82) is 0 Å². The molecule has 7 heteroatoms. The van der Waals surface area contributed by atoms with Crippen molar-refractivity contribution in [3.63, 3.8) is 0 Å². The molecule has 0 aliphatic heterocycles. The van der Waals surface area contributed by atoms with Gasteiger partial charge in [0.15, 0.2) is 6.61 Å². The molecular weight excluding hydrogens is 404 g/mol. The zero-order valence-electron chi connectivity index (χ0n) is 13.9. The molecule has 0 unspecified atom stereocenters. The fraction of sp³-hybridized carbons (Fsp3) is 0.222. The molecule has 0 fully saturated rings. The maximum absolute atomic E-state index is 5.64. The van der Waals surface area contributed by atoms with Gasteiger partial charge in [0.05, 0.1) is 7.11 Å². The van der Waals surface area contributed by atoms with Crippen molar-refractivity contribution < 1.29 is 13.9 Å². The fourth-order valence-electron chi connectivity index (χ4n) is 2.13. The van der Waals surface area contributed by atoms with Crippen molar-refractivity contribution in [1.82, 2.24) is 10.2 Å². The van der Waals surface area contributed by atoms with Gasteiger partial charge >= 0.3 is 0 Å². The first-order valence-corrected chi connectivity index (χ1v) is 9.39. The molecule has 0 saturated carbocycles. The summed E-state index contributed by atoms with van der Waals surface area (Å²) in [5.41, 5.74) is 2.24. The largest absolute Gasteiger partial charge is 0.496 e. The van der Waals surface area contributed by atoms with Gasteiger partial charge in [-0.05, 0) is 37.3 Å². The molecule has 130 valence electrons. The quantitative estimate of drug-likeness (QED) is 0.500. The lowest BCUT2D eigenvalue weighted by molar-refractivity contribution is 0.252. The summed E-state index contributed by atoms with van der Waals surface area (Å²) in [5, 5.41) is 8.57. The average Bonchev–Trinajstić information content (AvgIpc) is 3.07. The number of rotatable bonds is 7. The second-order valence-electron chi connectivity index (χ2n) is 5.31. The molecule has 3 aromatic rings. The normalized spacial score (nSPS) is 10.7. The summed E-state index contributed by atoms with van der Waals surface area (Å²) in [6, 6.07) is 13.7. The molecule has 1 aromatic heterocycles. The van der Waals surface area contributed by atoms with E-state index in [1.165, 1.54) is 17.3 Å². The monoisotopic (exact) mass is 420 g/mol. The lowest BCUT2D eigenvalue weighted by Gasteiger charge is -2.07. The van der Waals surface area contributed by atoms with Crippen molar-refractivity contribution in [2.45, 2.75) is 24.5 Å². The maximum atomic E-state index is 5.64. The van der Waals surface area contributed by atoms with E-state index in [1.807, 2.05) is 49.4 Å². The number of halogens is 1. The Bertz CT molecular complexity index is 837. The smallest absolute Gasteiger partial charge is 0.277 e. The number of aromatic nitrogens is 2. The van der Waals surface area contributed by atoms with E-state index in [9.17, 15) is 0 Å². The van der Waals surface area contributed by atoms with Gasteiger partial charge in [0.2, 0.25) is 0 Å². The van der Waals surface area contributed by atoms with Gasteiger partial charge in [0.1, 0.15) is 11.5 Å². The highest BCUT2D eigenvalue weighted by molar-refractivity contribution is 9.10. The third-order valence-corrected chi connectivity index (χ3v) is 4.79. The van der Waals surface area contributed by atoms with Gasteiger partial charge in [-0.1, -0.05) is 45.4 Å². The van der Waals surface area contributed by atoms with Crippen molar-refractivity contribution in [2.75, 3.05) is 7.11 Å². The molecule has 0 spiro atoms. The SMILES string of the molecule is COc1ccc(Br)cc1CSc1nnc(COc2ccc(C)cc2)o1. The Hall–Kier alpha value is -1.99. The number of aryl methyl sites for hydroxylation is 1. The average molecular weight is 421 g/mol. The van der Waals surface area contributed by atoms with Crippen LogP contribution in [0.15, 0.2) is 56.6 Å². The Kier molecular flexibility index (Phi) is 5.99. The Labute approximate surface area is 158 Å². The van der Waals surface area contributed by atoms with E-state index in [-0.39, 0.29) is 6.61 Å². The van der Waals surface area contributed by atoms with E-state index >= 15 is 0 Å². The van der Waals surface area contributed by atoms with Crippen LogP contribution in [0.4, 0.5) is 0 Å². The van der Waals surface area contributed by atoms with Gasteiger partial charge in [0.25, 0.3) is 11.1 Å². The van der Waals surface area contributed by atoms with Gasteiger partial charge in [-0.3, -0.25) is 0 Å². The second-order valence-corrected chi connectivity index (χ2v) is 7.15. The fourth-order valence-corrected chi connectivity index (χ4v) is 3.30. The molecule has 5 nitrogen and oxygen atoms in total. The summed E-state index contributed by atoms with van der Waals surface area (Å²) >= 11 is 4.93. The molecule has 25 heavy (non-hydrogen) atoms. The van der Waals surface area contributed by atoms with Crippen LogP contribution in [0.3, 0.4) is 0 Å². The van der Waals surface area contributed by atoms with E-state index in [1.54, 1.807) is 7.11 Å². The molecule has 0 aliphatic rings. The number of ether oxygens (including phenoxy) is 2. The standard InChI is InChI=1S/C18H17BrN2O3S/c1-12-3-6-15(7-4-12)23-10-17-20-21-18(24-17)25-11-13-9-14(19)5-8-16(13)22-2/h3-9H,10-11H2,1-2H3. The first-order valence-electron chi connectivity index (χ1n) is 7.61. The summed E-state index contributed by atoms with van der Waals surface area (Å²) in [6.45, 7) is 2.28. The maximum Gasteiger partial charge on any atom is 0.277 e. The Morgan fingerprint density at radius 1 is 1.12 bits per heavy atom. The first-order chi connectivity index (χ1) is 12.1. The van der Waals surface area contributed by atoms with Gasteiger partial charge in [-0.25, -0.2) is 0 Å². The third-order valence-electron chi connectivity index (χ3n) is 3.43. The van der Waals surface area contributed by atoms with Crippen LogP contribution >= 0.6 is 27.7 Å². The zero-order valence-corrected chi connectivity index (χ0v) is 16.3. The van der Waals surface area contributed by atoms with Crippen molar-refractivity contribution in [3.8, 4) is 11.5 Å². The van der Waals surface area contributed by atoms with Crippen molar-refractivity contribution in [2.24, 2.45) is 0 Å². The van der Waals surface area contributed by atoms with Gasteiger partial charge in [0, 0.05) is 15.8 Å². The predicted molar refractivity (Wildman–Crippen MR) is 100 cm³/mol. The Morgan fingerprint density at radius 3 is 2.68 bits per heavy atom. The Balaban J connectivity index is 1.56. The lowest BCUT2D eigenvalue weighted by Crippen LogP contribution is -1.95. The number of thioether (sulfide) groups is 1. The number of hydrogen-bond donors (Lipinski definition) is 0. The van der Waals surface area contributed by atoms with Crippen LogP contribution in [0, 0.1) is 6.92 Å². The second kappa shape index (κ2) is 8.40. The van der Waals surface area contributed by atoms with E-state index in [2.05, 4.69) is 26.1 Å². The van der Waals surface area contributed by atoms with Crippen molar-refractivity contribution in [3.05, 3.63) is 64.0 Å². The molecule has 2 aromatic carbocycles. The molecule has 0 radical (unpaired) electrons. The van der Waals surface area contributed by atoms with Crippen LogP contribution in [0.25, 0.3) is 0 Å². The number of hydrogen-bond acceptors (Lipinski definition) is 6.